The van der Waals surface area contributed by atoms with Gasteiger partial charge in [0.1, 0.15) is 17.9 Å². The van der Waals surface area contributed by atoms with E-state index in [9.17, 15) is 14.4 Å². The highest BCUT2D eigenvalue weighted by Gasteiger charge is 2.30. The summed E-state index contributed by atoms with van der Waals surface area (Å²) in [5.41, 5.74) is 4.40. The Labute approximate surface area is 240 Å². The number of esters is 1. The fourth-order valence-electron chi connectivity index (χ4n) is 5.33. The average molecular weight is 560 g/mol. The van der Waals surface area contributed by atoms with Crippen molar-refractivity contribution in [3.8, 4) is 0 Å². The molecule has 0 saturated carbocycles. The number of carbonyl (C=O) groups excluding carboxylic acids is 3. The van der Waals surface area contributed by atoms with Crippen molar-refractivity contribution in [3.63, 3.8) is 0 Å². The number of alkyl carbamates (subject to hydrolysis) is 1. The van der Waals surface area contributed by atoms with Gasteiger partial charge in [0.25, 0.3) is 5.91 Å². The van der Waals surface area contributed by atoms with E-state index in [1.54, 1.807) is 18.2 Å². The molecule has 41 heavy (non-hydrogen) atoms. The Morgan fingerprint density at radius 1 is 1.15 bits per heavy atom. The monoisotopic (exact) mass is 559 g/mol. The molecular weight excluding hydrogens is 522 g/mol. The molecule has 10 heteroatoms. The molecule has 3 heterocycles. The highest BCUT2D eigenvalue weighted by molar-refractivity contribution is 6.05. The maximum atomic E-state index is 13.8. The molecule has 2 N–H and O–H groups in total. The highest BCUT2D eigenvalue weighted by atomic mass is 16.6. The molecule has 2 aromatic carbocycles. The molecule has 10 nitrogen and oxygen atoms in total. The number of ether oxygens (including phenoxy) is 2. The van der Waals surface area contributed by atoms with Crippen LogP contribution in [0.1, 0.15) is 76.8 Å². The van der Waals surface area contributed by atoms with E-state index >= 15 is 0 Å². The Kier molecular flexibility index (Phi) is 7.75. The van der Waals surface area contributed by atoms with Crippen molar-refractivity contribution in [1.82, 2.24) is 14.9 Å². The third-order valence-corrected chi connectivity index (χ3v) is 7.30. The van der Waals surface area contributed by atoms with Gasteiger partial charge in [-0.1, -0.05) is 30.3 Å². The topological polar surface area (TPSA) is 115 Å². The Balaban J connectivity index is 1.44. The number of hydrogen-bond acceptors (Lipinski definition) is 7. The second-order valence-electron chi connectivity index (χ2n) is 11.7. The van der Waals surface area contributed by atoms with E-state index in [4.69, 9.17) is 14.5 Å². The normalized spacial score (nSPS) is 16.7. The number of hydrogen-bond donors (Lipinski definition) is 2. The van der Waals surface area contributed by atoms with Gasteiger partial charge in [-0.3, -0.25) is 4.79 Å². The zero-order valence-corrected chi connectivity index (χ0v) is 24.2. The van der Waals surface area contributed by atoms with Gasteiger partial charge in [-0.25, -0.2) is 14.6 Å². The quantitative estimate of drug-likeness (QED) is 0.410. The lowest BCUT2D eigenvalue weighted by atomic mass is 10.1. The molecule has 1 aromatic heterocycles. The molecule has 3 aromatic rings. The van der Waals surface area contributed by atoms with E-state index in [2.05, 4.69) is 15.5 Å². The van der Waals surface area contributed by atoms with Gasteiger partial charge < -0.3 is 29.6 Å². The second kappa shape index (κ2) is 11.3. The zero-order valence-electron chi connectivity index (χ0n) is 24.2. The lowest BCUT2D eigenvalue weighted by Crippen LogP contribution is -2.49. The van der Waals surface area contributed by atoms with Crippen molar-refractivity contribution in [2.24, 2.45) is 0 Å². The van der Waals surface area contributed by atoms with Crippen LogP contribution >= 0.6 is 0 Å². The molecule has 2 aliphatic rings. The number of fused-ring (bicyclic) bond motifs is 1. The van der Waals surface area contributed by atoms with E-state index in [0.29, 0.717) is 41.7 Å². The lowest BCUT2D eigenvalue weighted by Gasteiger charge is -2.34. The number of imidazole rings is 1. The van der Waals surface area contributed by atoms with Crippen molar-refractivity contribution >= 4 is 29.6 Å². The molecule has 0 aliphatic carbocycles. The molecule has 0 bridgehead atoms. The summed E-state index contributed by atoms with van der Waals surface area (Å²) >= 11 is 0. The Morgan fingerprint density at radius 3 is 2.68 bits per heavy atom. The summed E-state index contributed by atoms with van der Waals surface area (Å²) in [6.45, 7) is 11.4. The number of benzene rings is 2. The molecule has 0 unspecified atom stereocenters. The van der Waals surface area contributed by atoms with Crippen molar-refractivity contribution in [1.29, 1.82) is 0 Å². The number of piperidine rings is 1. The molecule has 1 saturated heterocycles. The summed E-state index contributed by atoms with van der Waals surface area (Å²) in [7, 11) is 0. The summed E-state index contributed by atoms with van der Waals surface area (Å²) in [5.74, 6) is -0.0375. The van der Waals surface area contributed by atoms with Gasteiger partial charge in [0.15, 0.2) is 0 Å². The summed E-state index contributed by atoms with van der Waals surface area (Å²) in [6, 6.07) is 13.2. The van der Waals surface area contributed by atoms with Gasteiger partial charge in [0, 0.05) is 30.4 Å². The summed E-state index contributed by atoms with van der Waals surface area (Å²) < 4.78 is 12.5. The Bertz CT molecular complexity index is 1490. The number of rotatable bonds is 6. The summed E-state index contributed by atoms with van der Waals surface area (Å²) in [5, 5.41) is 5.96. The van der Waals surface area contributed by atoms with Crippen LogP contribution in [0.5, 0.6) is 0 Å². The van der Waals surface area contributed by atoms with E-state index in [0.717, 1.165) is 36.1 Å². The average Bonchev–Trinajstić information content (AvgIpc) is 3.43. The largest absolute Gasteiger partial charge is 0.457 e. The number of nitrogens with one attached hydrogen (secondary N) is 2. The van der Waals surface area contributed by atoms with Crippen LogP contribution in [0, 0.1) is 13.8 Å². The van der Waals surface area contributed by atoms with Crippen LogP contribution in [0.4, 0.5) is 16.4 Å². The first-order valence-corrected chi connectivity index (χ1v) is 14.0. The van der Waals surface area contributed by atoms with Gasteiger partial charge in [0.2, 0.25) is 5.95 Å². The minimum absolute atomic E-state index is 0.119. The summed E-state index contributed by atoms with van der Waals surface area (Å²) in [6.07, 6.45) is 1.23. The van der Waals surface area contributed by atoms with Crippen molar-refractivity contribution in [2.45, 2.75) is 72.3 Å². The van der Waals surface area contributed by atoms with Crippen LogP contribution in [0.2, 0.25) is 0 Å². The number of cyclic esters (lactones) is 1. The second-order valence-corrected chi connectivity index (χ2v) is 11.7. The first kappa shape index (κ1) is 28.2. The number of anilines is 2. The van der Waals surface area contributed by atoms with Gasteiger partial charge in [-0.15, -0.1) is 0 Å². The van der Waals surface area contributed by atoms with Crippen LogP contribution in [0.3, 0.4) is 0 Å². The molecule has 216 valence electrons. The maximum Gasteiger partial charge on any atom is 0.407 e. The van der Waals surface area contributed by atoms with Gasteiger partial charge in [-0.2, -0.15) is 0 Å². The summed E-state index contributed by atoms with van der Waals surface area (Å²) in [4.78, 5) is 45.3. The first-order valence-electron chi connectivity index (χ1n) is 14.0. The Morgan fingerprint density at radius 2 is 1.93 bits per heavy atom. The standard InChI is InChI=1S/C31H37N5O5/c1-19-9-6-7-10-21(19)16-36-26(27(37)33-23-13-12-22-18-40-28(38)25(22)15-23)20(2)32-29(36)35-14-8-11-24(17-35)34-30(39)41-31(3,4)5/h6-7,9-10,12-13,15,24H,8,11,14,16-18H2,1-5H3,(H,33,37)(H,34,39)/t24-/m1/s1. The molecule has 1 fully saturated rings. The lowest BCUT2D eigenvalue weighted by molar-refractivity contribution is 0.0497. The molecule has 0 radical (unpaired) electrons. The van der Waals surface area contributed by atoms with Crippen LogP contribution in [-0.2, 0) is 22.6 Å². The Hall–Kier alpha value is -4.34. The molecule has 2 amide bonds. The minimum atomic E-state index is -0.583. The van der Waals surface area contributed by atoms with Crippen molar-refractivity contribution < 1.29 is 23.9 Å². The minimum Gasteiger partial charge on any atom is -0.457 e. The first-order chi connectivity index (χ1) is 19.5. The third kappa shape index (κ3) is 6.37. The van der Waals surface area contributed by atoms with Gasteiger partial charge in [-0.05, 0) is 70.7 Å². The zero-order chi connectivity index (χ0) is 29.3. The van der Waals surface area contributed by atoms with Gasteiger partial charge >= 0.3 is 12.1 Å². The number of amides is 2. The highest BCUT2D eigenvalue weighted by Crippen LogP contribution is 2.28. The van der Waals surface area contributed by atoms with Crippen LogP contribution in [0.25, 0.3) is 0 Å². The number of aryl methyl sites for hydroxylation is 2. The van der Waals surface area contributed by atoms with Crippen molar-refractivity contribution in [2.75, 3.05) is 23.3 Å². The number of aromatic nitrogens is 2. The fraction of sp³-hybridized carbons (Fsp3) is 0.419. The predicted molar refractivity (Wildman–Crippen MR) is 155 cm³/mol. The van der Waals surface area contributed by atoms with E-state index in [1.807, 2.05) is 63.5 Å². The predicted octanol–water partition coefficient (Wildman–Crippen LogP) is 4.96. The van der Waals surface area contributed by atoms with Crippen molar-refractivity contribution in [3.05, 3.63) is 76.1 Å². The molecule has 0 spiro atoms. The van der Waals surface area contributed by atoms with E-state index < -0.39 is 11.7 Å². The number of carbonyl (C=O) groups is 3. The molecule has 2 aliphatic heterocycles. The molecular formula is C31H37N5O5. The third-order valence-electron chi connectivity index (χ3n) is 7.30. The van der Waals surface area contributed by atoms with Gasteiger partial charge in [0.05, 0.1) is 17.8 Å². The SMILES string of the molecule is Cc1ccccc1Cn1c(N2CCC[C@@H](NC(=O)OC(C)(C)C)C2)nc(C)c1C(=O)Nc1ccc2c(c1)C(=O)OC2. The van der Waals surface area contributed by atoms with Crippen LogP contribution in [-0.4, -0.2) is 52.3 Å². The maximum absolute atomic E-state index is 13.8. The smallest absolute Gasteiger partial charge is 0.407 e. The van der Waals surface area contributed by atoms with E-state index in [1.165, 1.54) is 0 Å². The number of nitrogens with zero attached hydrogens (tertiary/aromatic N) is 3. The van der Waals surface area contributed by atoms with E-state index in [-0.39, 0.29) is 24.5 Å². The molecule has 1 atom stereocenters. The molecule has 5 rings (SSSR count). The van der Waals surface area contributed by atoms with Crippen LogP contribution < -0.4 is 15.5 Å². The fourth-order valence-corrected chi connectivity index (χ4v) is 5.33. The van der Waals surface area contributed by atoms with Crippen LogP contribution in [0.15, 0.2) is 42.5 Å².